The molecule has 0 spiro atoms. The lowest BCUT2D eigenvalue weighted by Crippen LogP contribution is -2.30. The van der Waals surface area contributed by atoms with Gasteiger partial charge in [0.25, 0.3) is 5.69 Å². The maximum absolute atomic E-state index is 10.9. The monoisotopic (exact) mass is 224 g/mol. The molecule has 0 aliphatic heterocycles. The van der Waals surface area contributed by atoms with E-state index in [2.05, 4.69) is 0 Å². The molecule has 1 rings (SSSR count). The van der Waals surface area contributed by atoms with Gasteiger partial charge < -0.3 is 0 Å². The van der Waals surface area contributed by atoms with Gasteiger partial charge in [0.2, 0.25) is 5.54 Å². The maximum Gasteiger partial charge on any atom is 0.269 e. The number of nitro benzene ring substituents is 1. The van der Waals surface area contributed by atoms with Crippen molar-refractivity contribution in [3.8, 4) is 0 Å². The van der Waals surface area contributed by atoms with Crippen molar-refractivity contribution in [3.63, 3.8) is 0 Å². The molecule has 0 heterocycles. The zero-order valence-electron chi connectivity index (χ0n) is 9.04. The summed E-state index contributed by atoms with van der Waals surface area (Å²) in [4.78, 5) is 20.5. The summed E-state index contributed by atoms with van der Waals surface area (Å²) in [6.07, 6.45) is 0.331. The van der Waals surface area contributed by atoms with Crippen LogP contribution in [0.2, 0.25) is 0 Å². The second-order valence-corrected chi connectivity index (χ2v) is 3.69. The molecule has 16 heavy (non-hydrogen) atoms. The summed E-state index contributed by atoms with van der Waals surface area (Å²) in [5, 5.41) is 21.4. The highest BCUT2D eigenvalue weighted by Gasteiger charge is 2.37. The van der Waals surface area contributed by atoms with Crippen molar-refractivity contribution in [2.24, 2.45) is 0 Å². The van der Waals surface area contributed by atoms with Crippen molar-refractivity contribution in [1.29, 1.82) is 0 Å². The average Bonchev–Trinajstić information content (AvgIpc) is 2.27. The van der Waals surface area contributed by atoms with Gasteiger partial charge in [0.1, 0.15) is 0 Å². The molecule has 0 aliphatic rings. The number of hydrogen-bond acceptors (Lipinski definition) is 4. The van der Waals surface area contributed by atoms with E-state index in [4.69, 9.17) is 0 Å². The van der Waals surface area contributed by atoms with Crippen LogP contribution in [0.5, 0.6) is 0 Å². The van der Waals surface area contributed by atoms with Gasteiger partial charge in [-0.2, -0.15) is 0 Å². The highest BCUT2D eigenvalue weighted by molar-refractivity contribution is 5.35. The average molecular weight is 224 g/mol. The molecular formula is C10H12N2O4. The largest absolute Gasteiger partial charge is 0.269 e. The van der Waals surface area contributed by atoms with E-state index in [1.165, 1.54) is 31.2 Å². The lowest BCUT2D eigenvalue weighted by molar-refractivity contribution is -0.575. The Morgan fingerprint density at radius 3 is 2.00 bits per heavy atom. The molecule has 0 unspecified atom stereocenters. The van der Waals surface area contributed by atoms with Gasteiger partial charge in [-0.25, -0.2) is 0 Å². The molecule has 0 aliphatic carbocycles. The van der Waals surface area contributed by atoms with Crippen LogP contribution in [0.25, 0.3) is 0 Å². The number of rotatable bonds is 4. The van der Waals surface area contributed by atoms with E-state index in [-0.39, 0.29) is 10.6 Å². The third kappa shape index (κ3) is 2.00. The number of non-ortho nitro benzene ring substituents is 1. The van der Waals surface area contributed by atoms with Crippen LogP contribution >= 0.6 is 0 Å². The highest BCUT2D eigenvalue weighted by atomic mass is 16.6. The smallest absolute Gasteiger partial charge is 0.264 e. The number of hydrogen-bond donors (Lipinski definition) is 0. The zero-order chi connectivity index (χ0) is 12.3. The van der Waals surface area contributed by atoms with Crippen LogP contribution in [0, 0.1) is 20.2 Å². The summed E-state index contributed by atoms with van der Waals surface area (Å²) >= 11 is 0. The van der Waals surface area contributed by atoms with Gasteiger partial charge in [-0.05, 0) is 12.1 Å². The fraction of sp³-hybridized carbons (Fsp3) is 0.400. The highest BCUT2D eigenvalue weighted by Crippen LogP contribution is 2.29. The standard InChI is InChI=1S/C10H12N2O4/c1-3-10(2,12(15)16)8-4-6-9(7-5-8)11(13)14/h4-7H,3H2,1-2H3/t10-/m1/s1. The molecule has 86 valence electrons. The third-order valence-corrected chi connectivity index (χ3v) is 2.79. The second-order valence-electron chi connectivity index (χ2n) is 3.69. The SMILES string of the molecule is CC[C@](C)(c1ccc([N+](=O)[O-])cc1)[N+](=O)[O-]. The Morgan fingerprint density at radius 2 is 1.69 bits per heavy atom. The summed E-state index contributed by atoms with van der Waals surface area (Å²) in [5.41, 5.74) is -0.772. The Bertz CT molecular complexity index is 415. The van der Waals surface area contributed by atoms with Crippen molar-refractivity contribution in [2.75, 3.05) is 0 Å². The lowest BCUT2D eigenvalue weighted by atomic mass is 9.90. The van der Waals surface area contributed by atoms with Crippen molar-refractivity contribution in [3.05, 3.63) is 50.1 Å². The fourth-order valence-corrected chi connectivity index (χ4v) is 1.38. The van der Waals surface area contributed by atoms with E-state index in [1.807, 2.05) is 0 Å². The number of benzene rings is 1. The summed E-state index contributed by atoms with van der Waals surface area (Å²) in [6.45, 7) is 3.22. The second kappa shape index (κ2) is 4.26. The molecule has 1 atom stereocenters. The normalized spacial score (nSPS) is 14.1. The first-order chi connectivity index (χ1) is 7.41. The maximum atomic E-state index is 10.9. The minimum atomic E-state index is -1.19. The van der Waals surface area contributed by atoms with Gasteiger partial charge in [-0.15, -0.1) is 0 Å². The van der Waals surface area contributed by atoms with Crippen molar-refractivity contribution < 1.29 is 9.85 Å². The van der Waals surface area contributed by atoms with E-state index in [0.717, 1.165) is 0 Å². The molecule has 0 saturated carbocycles. The quantitative estimate of drug-likeness (QED) is 0.580. The molecule has 6 heteroatoms. The van der Waals surface area contributed by atoms with Gasteiger partial charge in [0.05, 0.1) is 4.92 Å². The minimum absolute atomic E-state index is 0.0643. The van der Waals surface area contributed by atoms with Gasteiger partial charge in [-0.3, -0.25) is 20.2 Å². The Morgan fingerprint density at radius 1 is 1.19 bits per heavy atom. The molecule has 0 saturated heterocycles. The molecule has 0 N–H and O–H groups in total. The molecule has 0 radical (unpaired) electrons. The topological polar surface area (TPSA) is 86.3 Å². The number of nitrogens with zero attached hydrogens (tertiary/aromatic N) is 2. The molecule has 6 nitrogen and oxygen atoms in total. The van der Waals surface area contributed by atoms with Crippen LogP contribution < -0.4 is 0 Å². The molecule has 1 aromatic carbocycles. The van der Waals surface area contributed by atoms with Crippen molar-refractivity contribution in [1.82, 2.24) is 0 Å². The number of nitro groups is 2. The summed E-state index contributed by atoms with van der Waals surface area (Å²) in [5.74, 6) is 0. The molecule has 0 bridgehead atoms. The summed E-state index contributed by atoms with van der Waals surface area (Å²) in [7, 11) is 0. The first-order valence-corrected chi connectivity index (χ1v) is 4.81. The predicted molar refractivity (Wildman–Crippen MR) is 57.7 cm³/mol. The van der Waals surface area contributed by atoms with E-state index in [0.29, 0.717) is 12.0 Å². The summed E-state index contributed by atoms with van der Waals surface area (Å²) in [6, 6.07) is 5.44. The third-order valence-electron chi connectivity index (χ3n) is 2.79. The fourth-order valence-electron chi connectivity index (χ4n) is 1.38. The molecule has 0 fully saturated rings. The molecule has 1 aromatic rings. The molecular weight excluding hydrogens is 212 g/mol. The van der Waals surface area contributed by atoms with Crippen LogP contribution in [0.1, 0.15) is 25.8 Å². The van der Waals surface area contributed by atoms with Gasteiger partial charge in [0.15, 0.2) is 0 Å². The van der Waals surface area contributed by atoms with Gasteiger partial charge in [-0.1, -0.05) is 6.92 Å². The van der Waals surface area contributed by atoms with E-state index >= 15 is 0 Å². The van der Waals surface area contributed by atoms with E-state index in [9.17, 15) is 20.2 Å². The van der Waals surface area contributed by atoms with Crippen LogP contribution in [-0.2, 0) is 5.54 Å². The lowest BCUT2D eigenvalue weighted by Gasteiger charge is -2.19. The van der Waals surface area contributed by atoms with Crippen LogP contribution in [0.15, 0.2) is 24.3 Å². The van der Waals surface area contributed by atoms with Crippen LogP contribution in [0.4, 0.5) is 5.69 Å². The minimum Gasteiger partial charge on any atom is -0.264 e. The Kier molecular flexibility index (Phi) is 3.22. The van der Waals surface area contributed by atoms with Gasteiger partial charge >= 0.3 is 0 Å². The van der Waals surface area contributed by atoms with Gasteiger partial charge in [0, 0.05) is 36.0 Å². The zero-order valence-corrected chi connectivity index (χ0v) is 9.04. The predicted octanol–water partition coefficient (Wildman–Crippen LogP) is 2.50. The van der Waals surface area contributed by atoms with Crippen LogP contribution in [-0.4, -0.2) is 9.85 Å². The molecule has 0 aromatic heterocycles. The Labute approximate surface area is 92.2 Å². The van der Waals surface area contributed by atoms with Crippen molar-refractivity contribution in [2.45, 2.75) is 25.8 Å². The summed E-state index contributed by atoms with van der Waals surface area (Å²) < 4.78 is 0. The Hall–Kier alpha value is -1.98. The van der Waals surface area contributed by atoms with Crippen LogP contribution in [0.3, 0.4) is 0 Å². The molecule has 0 amide bonds. The van der Waals surface area contributed by atoms with Crippen molar-refractivity contribution >= 4 is 5.69 Å². The van der Waals surface area contributed by atoms with E-state index < -0.39 is 10.5 Å². The van der Waals surface area contributed by atoms with E-state index in [1.54, 1.807) is 6.92 Å². The Balaban J connectivity index is 3.14. The first kappa shape index (κ1) is 12.1. The first-order valence-electron chi connectivity index (χ1n) is 4.81.